The summed E-state index contributed by atoms with van der Waals surface area (Å²) >= 11 is 0. The summed E-state index contributed by atoms with van der Waals surface area (Å²) < 4.78 is 0. The maximum absolute atomic E-state index is 10.6. The Morgan fingerprint density at radius 2 is 1.78 bits per heavy atom. The molecule has 0 bridgehead atoms. The number of aliphatic hydroxyl groups is 3. The fourth-order valence-corrected chi connectivity index (χ4v) is 3.68. The lowest BCUT2D eigenvalue weighted by Crippen LogP contribution is -2.41. The van der Waals surface area contributed by atoms with E-state index in [9.17, 15) is 15.3 Å². The van der Waals surface area contributed by atoms with Crippen LogP contribution in [-0.2, 0) is 0 Å². The number of fused-ring (bicyclic) bond motifs is 1. The van der Waals surface area contributed by atoms with Gasteiger partial charge in [-0.05, 0) is 70.8 Å². The van der Waals surface area contributed by atoms with Crippen LogP contribution in [0.3, 0.4) is 0 Å². The van der Waals surface area contributed by atoms with Gasteiger partial charge >= 0.3 is 0 Å². The smallest absolute Gasteiger partial charge is 0.0800 e. The fraction of sp³-hybridized carbons (Fsp3) is 0.867. The van der Waals surface area contributed by atoms with E-state index < -0.39 is 16.8 Å². The first-order valence-electron chi connectivity index (χ1n) is 6.91. The van der Waals surface area contributed by atoms with E-state index in [4.69, 9.17) is 0 Å². The molecule has 0 amide bonds. The van der Waals surface area contributed by atoms with Crippen LogP contribution in [0.25, 0.3) is 0 Å². The van der Waals surface area contributed by atoms with Crippen molar-refractivity contribution in [2.75, 3.05) is 0 Å². The van der Waals surface area contributed by atoms with Crippen LogP contribution in [0.15, 0.2) is 11.6 Å². The second-order valence-corrected chi connectivity index (χ2v) is 7.16. The molecule has 2 rings (SSSR count). The van der Waals surface area contributed by atoms with Crippen LogP contribution in [0.4, 0.5) is 0 Å². The topological polar surface area (TPSA) is 60.7 Å². The van der Waals surface area contributed by atoms with Gasteiger partial charge in [0.25, 0.3) is 0 Å². The molecular formula is C15H26O3. The molecule has 104 valence electrons. The van der Waals surface area contributed by atoms with Gasteiger partial charge in [0.15, 0.2) is 0 Å². The molecule has 0 aliphatic heterocycles. The fourth-order valence-electron chi connectivity index (χ4n) is 3.68. The van der Waals surface area contributed by atoms with E-state index in [1.807, 2.05) is 19.9 Å². The van der Waals surface area contributed by atoms with Crippen LogP contribution in [0.5, 0.6) is 0 Å². The minimum Gasteiger partial charge on any atom is -0.390 e. The molecule has 0 unspecified atom stereocenters. The summed E-state index contributed by atoms with van der Waals surface area (Å²) in [5.41, 5.74) is -1.44. The highest BCUT2D eigenvalue weighted by Gasteiger charge is 2.52. The lowest BCUT2D eigenvalue weighted by atomic mass is 9.75. The molecule has 0 saturated heterocycles. The highest BCUT2D eigenvalue weighted by Crippen LogP contribution is 2.51. The molecule has 1 fully saturated rings. The highest BCUT2D eigenvalue weighted by atomic mass is 16.3. The monoisotopic (exact) mass is 254 g/mol. The summed E-state index contributed by atoms with van der Waals surface area (Å²) in [6.45, 7) is 7.27. The van der Waals surface area contributed by atoms with Crippen LogP contribution in [0.1, 0.15) is 53.4 Å². The van der Waals surface area contributed by atoms with Crippen LogP contribution in [0.2, 0.25) is 0 Å². The quantitative estimate of drug-likeness (QED) is 0.627. The Kier molecular flexibility index (Phi) is 3.16. The normalized spacial score (nSPS) is 45.4. The van der Waals surface area contributed by atoms with E-state index in [0.29, 0.717) is 12.8 Å². The molecule has 0 aromatic carbocycles. The molecule has 2 aliphatic carbocycles. The first kappa shape index (κ1) is 14.0. The average molecular weight is 254 g/mol. The van der Waals surface area contributed by atoms with E-state index in [1.165, 1.54) is 0 Å². The first-order chi connectivity index (χ1) is 8.04. The second-order valence-electron chi connectivity index (χ2n) is 7.16. The van der Waals surface area contributed by atoms with Crippen LogP contribution >= 0.6 is 0 Å². The zero-order valence-electron chi connectivity index (χ0n) is 11.9. The highest BCUT2D eigenvalue weighted by molar-refractivity contribution is 5.21. The molecule has 3 heteroatoms. The average Bonchev–Trinajstić information content (AvgIpc) is 2.37. The third-order valence-electron chi connectivity index (χ3n) is 5.03. The maximum Gasteiger partial charge on any atom is 0.0800 e. The summed E-state index contributed by atoms with van der Waals surface area (Å²) in [7, 11) is 0. The second kappa shape index (κ2) is 4.06. The maximum atomic E-state index is 10.6. The first-order valence-corrected chi connectivity index (χ1v) is 6.91. The Morgan fingerprint density at radius 1 is 1.17 bits per heavy atom. The van der Waals surface area contributed by atoms with E-state index in [1.54, 1.807) is 13.8 Å². The van der Waals surface area contributed by atoms with Gasteiger partial charge in [-0.2, -0.15) is 0 Å². The van der Waals surface area contributed by atoms with Crippen LogP contribution in [-0.4, -0.2) is 32.1 Å². The molecule has 0 heterocycles. The van der Waals surface area contributed by atoms with Crippen molar-refractivity contribution in [2.24, 2.45) is 11.8 Å². The summed E-state index contributed by atoms with van der Waals surface area (Å²) in [4.78, 5) is 0. The van der Waals surface area contributed by atoms with Crippen molar-refractivity contribution in [3.05, 3.63) is 11.6 Å². The molecule has 18 heavy (non-hydrogen) atoms. The van der Waals surface area contributed by atoms with Crippen molar-refractivity contribution in [3.63, 3.8) is 0 Å². The minimum absolute atomic E-state index is 0.0349. The van der Waals surface area contributed by atoms with Gasteiger partial charge in [-0.25, -0.2) is 0 Å². The molecule has 0 aromatic rings. The minimum atomic E-state index is -0.871. The largest absolute Gasteiger partial charge is 0.390 e. The van der Waals surface area contributed by atoms with Crippen molar-refractivity contribution >= 4 is 0 Å². The van der Waals surface area contributed by atoms with Gasteiger partial charge in [-0.15, -0.1) is 0 Å². The molecule has 3 N–H and O–H groups in total. The van der Waals surface area contributed by atoms with E-state index in [0.717, 1.165) is 18.4 Å². The summed E-state index contributed by atoms with van der Waals surface area (Å²) in [5.74, 6) is 0.149. The Morgan fingerprint density at radius 3 is 2.33 bits per heavy atom. The van der Waals surface area contributed by atoms with Crippen molar-refractivity contribution in [2.45, 2.75) is 70.2 Å². The summed E-state index contributed by atoms with van der Waals surface area (Å²) in [5, 5.41) is 31.3. The lowest BCUT2D eigenvalue weighted by Gasteiger charge is -2.36. The Bertz CT molecular complexity index is 360. The molecule has 4 atom stereocenters. The molecule has 0 spiro atoms. The van der Waals surface area contributed by atoms with Gasteiger partial charge < -0.3 is 15.3 Å². The summed E-state index contributed by atoms with van der Waals surface area (Å²) in [6, 6.07) is 0. The number of hydrogen-bond donors (Lipinski definition) is 3. The van der Waals surface area contributed by atoms with Gasteiger partial charge in [0, 0.05) is 0 Å². The van der Waals surface area contributed by atoms with Crippen molar-refractivity contribution in [1.29, 1.82) is 0 Å². The Balaban J connectivity index is 2.36. The van der Waals surface area contributed by atoms with Crippen LogP contribution in [0, 0.1) is 11.8 Å². The molecule has 2 aliphatic rings. The molecule has 0 radical (unpaired) electrons. The zero-order valence-corrected chi connectivity index (χ0v) is 11.9. The van der Waals surface area contributed by atoms with E-state index in [-0.39, 0.29) is 11.8 Å². The van der Waals surface area contributed by atoms with Gasteiger partial charge in [-0.3, -0.25) is 0 Å². The van der Waals surface area contributed by atoms with Gasteiger partial charge in [0.05, 0.1) is 16.8 Å². The molecular weight excluding hydrogens is 228 g/mol. The Labute approximate surface area is 110 Å². The predicted molar refractivity (Wildman–Crippen MR) is 71.1 cm³/mol. The molecule has 3 nitrogen and oxygen atoms in total. The zero-order chi connectivity index (χ0) is 13.8. The standard InChI is InChI=1S/C15H26O3/c1-13(2,16)10-5-7-14(3,17)11-6-8-15(4,18)12(11)9-10/h5,11-12,16-18H,6-9H2,1-4H3/t11-,12-,14+,15+/m0/s1. The molecule has 0 aromatic heterocycles. The van der Waals surface area contributed by atoms with E-state index in [2.05, 4.69) is 0 Å². The predicted octanol–water partition coefficient (Wildman–Crippen LogP) is 2.01. The van der Waals surface area contributed by atoms with Crippen molar-refractivity contribution in [3.8, 4) is 0 Å². The van der Waals surface area contributed by atoms with E-state index >= 15 is 0 Å². The molecule has 1 saturated carbocycles. The SMILES string of the molecule is CC(C)(O)C1=CC[C@@](C)(O)[C@H]2CC[C@@](C)(O)[C@H]2C1. The summed E-state index contributed by atoms with van der Waals surface area (Å²) in [6.07, 6.45) is 4.80. The van der Waals surface area contributed by atoms with Crippen LogP contribution < -0.4 is 0 Å². The Hall–Kier alpha value is -0.380. The number of hydrogen-bond acceptors (Lipinski definition) is 3. The van der Waals surface area contributed by atoms with Crippen molar-refractivity contribution < 1.29 is 15.3 Å². The lowest BCUT2D eigenvalue weighted by molar-refractivity contribution is -0.0525. The van der Waals surface area contributed by atoms with Crippen molar-refractivity contribution in [1.82, 2.24) is 0 Å². The van der Waals surface area contributed by atoms with Gasteiger partial charge in [0.1, 0.15) is 0 Å². The third kappa shape index (κ3) is 2.36. The number of rotatable bonds is 1. The van der Waals surface area contributed by atoms with Gasteiger partial charge in [-0.1, -0.05) is 6.08 Å². The van der Waals surface area contributed by atoms with Gasteiger partial charge in [0.2, 0.25) is 0 Å². The third-order valence-corrected chi connectivity index (χ3v) is 5.03.